The summed E-state index contributed by atoms with van der Waals surface area (Å²) in [4.78, 5) is 29.5. The zero-order valence-corrected chi connectivity index (χ0v) is 21.3. The highest BCUT2D eigenvalue weighted by Crippen LogP contribution is 2.43. The molecule has 1 unspecified atom stereocenters. The number of carbonyl (C=O) groups is 2. The number of halogens is 2. The molecule has 188 valence electrons. The van der Waals surface area contributed by atoms with Gasteiger partial charge in [0, 0.05) is 19.3 Å². The SMILES string of the molecule is CCOC(=O)C1=C(COCCN/C(=N/C#N)NC)NC(C)=C(C(=O)OC)C1c1cccc(Cl)c1Cl. The van der Waals surface area contributed by atoms with E-state index < -0.39 is 17.9 Å². The number of carbonyl (C=O) groups excluding carboxylic acids is 2. The lowest BCUT2D eigenvalue weighted by Crippen LogP contribution is -2.37. The van der Waals surface area contributed by atoms with Gasteiger partial charge in [-0.2, -0.15) is 5.26 Å². The monoisotopic (exact) mass is 523 g/mol. The summed E-state index contributed by atoms with van der Waals surface area (Å²) >= 11 is 12.8. The maximum Gasteiger partial charge on any atom is 0.336 e. The molecule has 10 nitrogen and oxygen atoms in total. The molecule has 1 aromatic rings. The smallest absolute Gasteiger partial charge is 0.336 e. The fraction of sp³-hybridized carbons (Fsp3) is 0.391. The first-order valence-corrected chi connectivity index (χ1v) is 11.4. The predicted molar refractivity (Wildman–Crippen MR) is 132 cm³/mol. The second kappa shape index (κ2) is 13.6. The normalized spacial score (nSPS) is 15.8. The van der Waals surface area contributed by atoms with Crippen molar-refractivity contribution < 1.29 is 23.8 Å². The molecule has 1 aliphatic heterocycles. The van der Waals surface area contributed by atoms with Gasteiger partial charge in [-0.15, -0.1) is 4.99 Å². The third-order valence-corrected chi connectivity index (χ3v) is 5.86. The number of nitrogens with zero attached hydrogens (tertiary/aromatic N) is 2. The van der Waals surface area contributed by atoms with Crippen LogP contribution in [0.1, 0.15) is 25.3 Å². The summed E-state index contributed by atoms with van der Waals surface area (Å²) in [6.45, 7) is 4.07. The maximum atomic E-state index is 13.1. The predicted octanol–water partition coefficient (Wildman–Crippen LogP) is 2.61. The number of dihydropyridines is 1. The van der Waals surface area contributed by atoms with Gasteiger partial charge in [-0.05, 0) is 25.5 Å². The van der Waals surface area contributed by atoms with Crippen molar-refractivity contribution in [2.45, 2.75) is 19.8 Å². The molecule has 1 atom stereocenters. The number of hydrogen-bond acceptors (Lipinski definition) is 8. The van der Waals surface area contributed by atoms with Crippen molar-refractivity contribution in [2.24, 2.45) is 4.99 Å². The van der Waals surface area contributed by atoms with E-state index in [2.05, 4.69) is 20.9 Å². The van der Waals surface area contributed by atoms with Gasteiger partial charge in [-0.25, -0.2) is 9.59 Å². The van der Waals surface area contributed by atoms with Crippen molar-refractivity contribution in [2.75, 3.05) is 40.5 Å². The largest absolute Gasteiger partial charge is 0.466 e. The average Bonchev–Trinajstić information content (AvgIpc) is 2.84. The molecule has 1 heterocycles. The Labute approximate surface area is 213 Å². The molecular formula is C23H27Cl2N5O5. The molecule has 0 fully saturated rings. The number of rotatable bonds is 9. The van der Waals surface area contributed by atoms with Crippen molar-refractivity contribution in [3.8, 4) is 6.19 Å². The van der Waals surface area contributed by atoms with Gasteiger partial charge in [0.25, 0.3) is 0 Å². The van der Waals surface area contributed by atoms with E-state index in [4.69, 9.17) is 42.7 Å². The lowest BCUT2D eigenvalue weighted by Gasteiger charge is -2.31. The molecule has 0 aliphatic carbocycles. The highest BCUT2D eigenvalue weighted by Gasteiger charge is 2.40. The Kier molecular flexibility index (Phi) is 10.9. The van der Waals surface area contributed by atoms with Gasteiger partial charge < -0.3 is 30.2 Å². The van der Waals surface area contributed by atoms with E-state index in [0.29, 0.717) is 29.5 Å². The molecule has 0 aromatic heterocycles. The van der Waals surface area contributed by atoms with Gasteiger partial charge in [-0.1, -0.05) is 35.3 Å². The quantitative estimate of drug-likeness (QED) is 0.147. The van der Waals surface area contributed by atoms with E-state index in [1.165, 1.54) is 7.11 Å². The van der Waals surface area contributed by atoms with Crippen LogP contribution in [0.25, 0.3) is 0 Å². The highest BCUT2D eigenvalue weighted by atomic mass is 35.5. The number of guanidine groups is 1. The molecule has 0 saturated carbocycles. The summed E-state index contributed by atoms with van der Waals surface area (Å²) in [5.41, 5.74) is 1.71. The van der Waals surface area contributed by atoms with E-state index >= 15 is 0 Å². The van der Waals surface area contributed by atoms with Crippen LogP contribution in [0.15, 0.2) is 45.7 Å². The molecule has 1 aliphatic rings. The number of benzene rings is 1. The summed E-state index contributed by atoms with van der Waals surface area (Å²) in [7, 11) is 2.88. The first-order valence-electron chi connectivity index (χ1n) is 10.7. The number of nitriles is 1. The summed E-state index contributed by atoms with van der Waals surface area (Å²) < 4.78 is 16.1. The molecule has 1 aromatic carbocycles. The van der Waals surface area contributed by atoms with Crippen molar-refractivity contribution in [1.29, 1.82) is 5.26 Å². The Morgan fingerprint density at radius 3 is 2.63 bits per heavy atom. The zero-order chi connectivity index (χ0) is 26.0. The van der Waals surface area contributed by atoms with Crippen LogP contribution in [0, 0.1) is 11.5 Å². The van der Waals surface area contributed by atoms with Gasteiger partial charge in [0.1, 0.15) is 0 Å². The maximum absolute atomic E-state index is 13.1. The fourth-order valence-electron chi connectivity index (χ4n) is 3.54. The Hall–Kier alpha value is -3.26. The lowest BCUT2D eigenvalue weighted by molar-refractivity contribution is -0.139. The number of ether oxygens (including phenoxy) is 3. The van der Waals surface area contributed by atoms with Crippen LogP contribution >= 0.6 is 23.2 Å². The van der Waals surface area contributed by atoms with Gasteiger partial charge in [0.05, 0.1) is 59.7 Å². The summed E-state index contributed by atoms with van der Waals surface area (Å²) in [5, 5.41) is 17.9. The van der Waals surface area contributed by atoms with Gasteiger partial charge >= 0.3 is 11.9 Å². The second-order valence-corrected chi connectivity index (χ2v) is 7.92. The second-order valence-electron chi connectivity index (χ2n) is 7.13. The number of hydrogen-bond donors (Lipinski definition) is 3. The molecule has 0 bridgehead atoms. The molecule has 12 heteroatoms. The standard InChI is InChI=1S/C23H27Cl2N5O5/c1-5-35-22(32)19-16(11-34-10-9-28-23(27-3)29-12-26)30-13(2)17(21(31)33-4)18(19)14-7-6-8-15(24)20(14)25/h6-8,18,30H,5,9-11H2,1-4H3,(H2,27,28,29). The minimum atomic E-state index is -0.899. The van der Waals surface area contributed by atoms with E-state index in [-0.39, 0.29) is 41.0 Å². The van der Waals surface area contributed by atoms with E-state index in [9.17, 15) is 9.59 Å². The van der Waals surface area contributed by atoms with Crippen molar-refractivity contribution in [1.82, 2.24) is 16.0 Å². The number of nitrogens with one attached hydrogen (secondary N) is 3. The van der Waals surface area contributed by atoms with Crippen molar-refractivity contribution in [3.05, 3.63) is 56.3 Å². The van der Waals surface area contributed by atoms with Crippen molar-refractivity contribution in [3.63, 3.8) is 0 Å². The molecule has 2 rings (SSSR count). The minimum Gasteiger partial charge on any atom is -0.466 e. The third-order valence-electron chi connectivity index (χ3n) is 5.02. The van der Waals surface area contributed by atoms with Crippen LogP contribution in [0.4, 0.5) is 0 Å². The zero-order valence-electron chi connectivity index (χ0n) is 19.8. The van der Waals surface area contributed by atoms with E-state index in [0.717, 1.165) is 0 Å². The lowest BCUT2D eigenvalue weighted by atomic mass is 9.80. The summed E-state index contributed by atoms with van der Waals surface area (Å²) in [6.07, 6.45) is 1.68. The summed E-state index contributed by atoms with van der Waals surface area (Å²) in [5.74, 6) is -1.86. The van der Waals surface area contributed by atoms with Crippen LogP contribution < -0.4 is 16.0 Å². The molecular weight excluding hydrogens is 497 g/mol. The van der Waals surface area contributed by atoms with Gasteiger partial charge in [0.2, 0.25) is 12.2 Å². The van der Waals surface area contributed by atoms with Crippen LogP contribution in [0.5, 0.6) is 0 Å². The van der Waals surface area contributed by atoms with Crippen LogP contribution in [0.2, 0.25) is 10.0 Å². The third kappa shape index (κ3) is 6.88. The van der Waals surface area contributed by atoms with Crippen LogP contribution in [-0.2, 0) is 23.8 Å². The number of esters is 2. The highest BCUT2D eigenvalue weighted by molar-refractivity contribution is 6.42. The Balaban J connectivity index is 2.46. The van der Waals surface area contributed by atoms with Gasteiger partial charge in [0.15, 0.2) is 0 Å². The first-order chi connectivity index (χ1) is 16.8. The van der Waals surface area contributed by atoms with Gasteiger partial charge in [-0.3, -0.25) is 0 Å². The fourth-order valence-corrected chi connectivity index (χ4v) is 3.96. The topological polar surface area (TPSA) is 134 Å². The average molecular weight is 524 g/mol. The van der Waals surface area contributed by atoms with Crippen LogP contribution in [0.3, 0.4) is 0 Å². The molecule has 0 amide bonds. The number of methoxy groups -OCH3 is 1. The first kappa shape index (κ1) is 28.0. The van der Waals surface area contributed by atoms with E-state index in [1.54, 1.807) is 45.3 Å². The van der Waals surface area contributed by atoms with Crippen LogP contribution in [-0.4, -0.2) is 58.4 Å². The number of allylic oxidation sites excluding steroid dienone is 1. The molecule has 3 N–H and O–H groups in total. The number of aliphatic imine (C=N–C) groups is 1. The summed E-state index contributed by atoms with van der Waals surface area (Å²) in [6, 6.07) is 4.99. The Morgan fingerprint density at radius 2 is 2.00 bits per heavy atom. The minimum absolute atomic E-state index is 0.000580. The molecule has 0 saturated heterocycles. The molecule has 35 heavy (non-hydrogen) atoms. The van der Waals surface area contributed by atoms with E-state index in [1.807, 2.05) is 0 Å². The van der Waals surface area contributed by atoms with Crippen molar-refractivity contribution >= 4 is 41.1 Å². The molecule has 0 spiro atoms. The Bertz CT molecular complexity index is 1090. The molecule has 0 radical (unpaired) electrons. The Morgan fingerprint density at radius 1 is 1.26 bits per heavy atom.